The van der Waals surface area contributed by atoms with E-state index in [0.717, 1.165) is 16.9 Å². The Hall–Kier alpha value is -1.25. The predicted octanol–water partition coefficient (Wildman–Crippen LogP) is 5.04. The molecule has 3 heteroatoms. The molecule has 0 aliphatic heterocycles. The molecular weight excluding hydrogens is 276 g/mol. The maximum absolute atomic E-state index is 11.8. The van der Waals surface area contributed by atoms with Crippen molar-refractivity contribution in [1.82, 2.24) is 0 Å². The lowest BCUT2D eigenvalue weighted by molar-refractivity contribution is 0.0982. The maximum Gasteiger partial charge on any atom is 0.162 e. The van der Waals surface area contributed by atoms with Crippen LogP contribution in [0.15, 0.2) is 64.4 Å². The second-order valence-electron chi connectivity index (χ2n) is 4.16. The summed E-state index contributed by atoms with van der Waals surface area (Å²) in [6, 6.07) is 18.0. The Kier molecular flexibility index (Phi) is 5.49. The highest BCUT2D eigenvalue weighted by Crippen LogP contribution is 2.27. The summed E-state index contributed by atoms with van der Waals surface area (Å²) in [6.07, 6.45) is 1.26. The number of carbonyl (C=O) groups excluding carboxylic acids is 1. The van der Waals surface area contributed by atoms with Crippen molar-refractivity contribution in [2.24, 2.45) is 0 Å². The second kappa shape index (κ2) is 7.37. The number of benzene rings is 2. The minimum absolute atomic E-state index is 0.164. The van der Waals surface area contributed by atoms with E-state index < -0.39 is 0 Å². The van der Waals surface area contributed by atoms with Gasteiger partial charge in [0.25, 0.3) is 0 Å². The molecule has 98 valence electrons. The van der Waals surface area contributed by atoms with Crippen LogP contribution in [0.3, 0.4) is 0 Å². The molecule has 0 amide bonds. The van der Waals surface area contributed by atoms with Gasteiger partial charge in [0.15, 0.2) is 5.78 Å². The van der Waals surface area contributed by atoms with E-state index in [4.69, 9.17) is 11.6 Å². The molecule has 2 aromatic rings. The van der Waals surface area contributed by atoms with E-state index in [1.54, 1.807) is 11.8 Å². The molecule has 0 aliphatic rings. The Morgan fingerprint density at radius 1 is 0.947 bits per heavy atom. The average molecular weight is 291 g/mol. The van der Waals surface area contributed by atoms with Gasteiger partial charge in [0.05, 0.1) is 0 Å². The summed E-state index contributed by atoms with van der Waals surface area (Å²) < 4.78 is 0. The van der Waals surface area contributed by atoms with Crippen LogP contribution >= 0.6 is 23.4 Å². The maximum atomic E-state index is 11.8. The molecule has 0 fully saturated rings. The molecule has 0 bridgehead atoms. The van der Waals surface area contributed by atoms with Crippen molar-refractivity contribution in [3.8, 4) is 0 Å². The molecule has 0 unspecified atom stereocenters. The van der Waals surface area contributed by atoms with E-state index in [1.807, 2.05) is 42.5 Å². The van der Waals surface area contributed by atoms with Gasteiger partial charge in [-0.15, -0.1) is 11.6 Å². The average Bonchev–Trinajstić information content (AvgIpc) is 2.46. The molecule has 1 nitrogen and oxygen atoms in total. The van der Waals surface area contributed by atoms with E-state index in [9.17, 15) is 4.79 Å². The quantitative estimate of drug-likeness (QED) is 0.548. The van der Waals surface area contributed by atoms with E-state index in [1.165, 1.54) is 4.90 Å². The Morgan fingerprint density at radius 2 is 1.58 bits per heavy atom. The lowest BCUT2D eigenvalue weighted by Gasteiger charge is -2.03. The largest absolute Gasteiger partial charge is 0.294 e. The van der Waals surface area contributed by atoms with Crippen molar-refractivity contribution in [2.75, 3.05) is 5.88 Å². The van der Waals surface area contributed by atoms with Crippen LogP contribution in [0.4, 0.5) is 0 Å². The minimum Gasteiger partial charge on any atom is -0.294 e. The van der Waals surface area contributed by atoms with Gasteiger partial charge in [-0.2, -0.15) is 0 Å². The highest BCUT2D eigenvalue weighted by Gasteiger charge is 2.05. The van der Waals surface area contributed by atoms with Crippen LogP contribution in [0.1, 0.15) is 23.2 Å². The van der Waals surface area contributed by atoms with Crippen LogP contribution in [0.5, 0.6) is 0 Å². The number of halogens is 1. The number of alkyl halides is 1. The van der Waals surface area contributed by atoms with Crippen LogP contribution < -0.4 is 0 Å². The first-order valence-electron chi connectivity index (χ1n) is 6.22. The van der Waals surface area contributed by atoms with Gasteiger partial charge in [-0.05, 0) is 30.7 Å². The SMILES string of the molecule is O=C(CCCCl)c1ccc(Sc2ccccc2)cc1. The fraction of sp³-hybridized carbons (Fsp3) is 0.188. The Labute approximate surface area is 123 Å². The highest BCUT2D eigenvalue weighted by molar-refractivity contribution is 7.99. The third-order valence-electron chi connectivity index (χ3n) is 2.69. The fourth-order valence-corrected chi connectivity index (χ4v) is 2.68. The number of hydrogen-bond acceptors (Lipinski definition) is 2. The Balaban J connectivity index is 2.00. The molecule has 2 rings (SSSR count). The number of hydrogen-bond donors (Lipinski definition) is 0. The third-order valence-corrected chi connectivity index (χ3v) is 3.98. The first kappa shape index (κ1) is 14.2. The summed E-state index contributed by atoms with van der Waals surface area (Å²) in [5.74, 6) is 0.699. The minimum atomic E-state index is 0.164. The molecule has 0 aromatic heterocycles. The van der Waals surface area contributed by atoms with Crippen LogP contribution in [0.25, 0.3) is 0 Å². The molecule has 0 saturated heterocycles. The van der Waals surface area contributed by atoms with Crippen molar-refractivity contribution < 1.29 is 4.79 Å². The molecule has 0 spiro atoms. The molecule has 19 heavy (non-hydrogen) atoms. The monoisotopic (exact) mass is 290 g/mol. The van der Waals surface area contributed by atoms with Gasteiger partial charge in [-0.3, -0.25) is 4.79 Å². The summed E-state index contributed by atoms with van der Waals surface area (Å²) in [4.78, 5) is 14.1. The van der Waals surface area contributed by atoms with Crippen LogP contribution in [-0.4, -0.2) is 11.7 Å². The summed E-state index contributed by atoms with van der Waals surface area (Å²) in [7, 11) is 0. The van der Waals surface area contributed by atoms with Crippen molar-refractivity contribution in [3.05, 3.63) is 60.2 Å². The number of rotatable bonds is 6. The van der Waals surface area contributed by atoms with Gasteiger partial charge in [0, 0.05) is 27.7 Å². The van der Waals surface area contributed by atoms with Gasteiger partial charge >= 0.3 is 0 Å². The highest BCUT2D eigenvalue weighted by atomic mass is 35.5. The summed E-state index contributed by atoms with van der Waals surface area (Å²) in [5.41, 5.74) is 0.766. The molecule has 0 heterocycles. The molecule has 0 atom stereocenters. The standard InChI is InChI=1S/C16H15ClOS/c17-12-4-7-16(18)13-8-10-15(11-9-13)19-14-5-2-1-3-6-14/h1-3,5-6,8-11H,4,7,12H2. The van der Waals surface area contributed by atoms with Crippen molar-refractivity contribution >= 4 is 29.1 Å². The molecular formula is C16H15ClOS. The van der Waals surface area contributed by atoms with Crippen LogP contribution in [0.2, 0.25) is 0 Å². The first-order valence-corrected chi connectivity index (χ1v) is 7.57. The Bertz CT molecular complexity index is 522. The zero-order valence-corrected chi connectivity index (χ0v) is 12.1. The van der Waals surface area contributed by atoms with Crippen molar-refractivity contribution in [2.45, 2.75) is 22.6 Å². The normalized spacial score (nSPS) is 10.4. The lowest BCUT2D eigenvalue weighted by atomic mass is 10.1. The predicted molar refractivity (Wildman–Crippen MR) is 81.3 cm³/mol. The number of Topliss-reactive ketones (excluding diaryl/α,β-unsaturated/α-hetero) is 1. The van der Waals surface area contributed by atoms with Gasteiger partial charge < -0.3 is 0 Å². The number of carbonyl (C=O) groups is 1. The van der Waals surface area contributed by atoms with Crippen molar-refractivity contribution in [1.29, 1.82) is 0 Å². The molecule has 0 radical (unpaired) electrons. The zero-order chi connectivity index (χ0) is 13.5. The van der Waals surface area contributed by atoms with Gasteiger partial charge in [-0.1, -0.05) is 42.1 Å². The lowest BCUT2D eigenvalue weighted by Crippen LogP contribution is -1.98. The number of ketones is 1. The summed E-state index contributed by atoms with van der Waals surface area (Å²) >= 11 is 7.29. The van der Waals surface area contributed by atoms with Crippen LogP contribution in [-0.2, 0) is 0 Å². The van der Waals surface area contributed by atoms with E-state index >= 15 is 0 Å². The van der Waals surface area contributed by atoms with E-state index in [-0.39, 0.29) is 5.78 Å². The van der Waals surface area contributed by atoms with Gasteiger partial charge in [0.1, 0.15) is 0 Å². The molecule has 0 N–H and O–H groups in total. The Morgan fingerprint density at radius 3 is 2.21 bits per heavy atom. The smallest absolute Gasteiger partial charge is 0.162 e. The van der Waals surface area contributed by atoms with Gasteiger partial charge in [-0.25, -0.2) is 0 Å². The van der Waals surface area contributed by atoms with Gasteiger partial charge in [0.2, 0.25) is 0 Å². The zero-order valence-electron chi connectivity index (χ0n) is 10.5. The second-order valence-corrected chi connectivity index (χ2v) is 5.68. The molecule has 0 aliphatic carbocycles. The topological polar surface area (TPSA) is 17.1 Å². The van der Waals surface area contributed by atoms with Crippen LogP contribution in [0, 0.1) is 0 Å². The molecule has 0 saturated carbocycles. The van der Waals surface area contributed by atoms with Crippen molar-refractivity contribution in [3.63, 3.8) is 0 Å². The van der Waals surface area contributed by atoms with E-state index in [2.05, 4.69) is 12.1 Å². The summed E-state index contributed by atoms with van der Waals surface area (Å²) in [6.45, 7) is 0. The fourth-order valence-electron chi connectivity index (χ4n) is 1.71. The van der Waals surface area contributed by atoms with E-state index in [0.29, 0.717) is 12.3 Å². The molecule has 2 aromatic carbocycles. The first-order chi connectivity index (χ1) is 9.29. The third kappa shape index (κ3) is 4.41. The summed E-state index contributed by atoms with van der Waals surface area (Å²) in [5, 5.41) is 0.